The quantitative estimate of drug-likeness (QED) is 0.905. The Balaban J connectivity index is 1.94. The van der Waals surface area contributed by atoms with Crippen molar-refractivity contribution in [3.8, 4) is 0 Å². The standard InChI is InChI=1S/C12H17N3S2/c1-8(2)13-5-10-6-14-11(17-10)4-12-15-9(3)7-16-12/h6-8,13H,4-5H2,1-3H3. The molecule has 0 amide bonds. The predicted molar refractivity (Wildman–Crippen MR) is 73.7 cm³/mol. The van der Waals surface area contributed by atoms with Crippen molar-refractivity contribution >= 4 is 22.7 Å². The van der Waals surface area contributed by atoms with E-state index >= 15 is 0 Å². The Bertz CT molecular complexity index is 474. The van der Waals surface area contributed by atoms with Crippen LogP contribution in [0.2, 0.25) is 0 Å². The molecule has 0 aliphatic rings. The van der Waals surface area contributed by atoms with E-state index in [0.717, 1.165) is 28.7 Å². The molecule has 0 aliphatic heterocycles. The van der Waals surface area contributed by atoms with Gasteiger partial charge in [0, 0.05) is 34.7 Å². The number of aromatic nitrogens is 2. The molecular weight excluding hydrogens is 250 g/mol. The molecule has 0 saturated heterocycles. The number of hydrogen-bond acceptors (Lipinski definition) is 5. The third kappa shape index (κ3) is 3.87. The van der Waals surface area contributed by atoms with Crippen LogP contribution in [-0.2, 0) is 13.0 Å². The van der Waals surface area contributed by atoms with Crippen LogP contribution in [0.5, 0.6) is 0 Å². The molecule has 5 heteroatoms. The summed E-state index contributed by atoms with van der Waals surface area (Å²) in [5.74, 6) is 0. The molecule has 2 aromatic heterocycles. The van der Waals surface area contributed by atoms with Gasteiger partial charge in [-0.15, -0.1) is 22.7 Å². The lowest BCUT2D eigenvalue weighted by molar-refractivity contribution is 0.593. The van der Waals surface area contributed by atoms with E-state index in [2.05, 4.69) is 34.5 Å². The highest BCUT2D eigenvalue weighted by Crippen LogP contribution is 2.19. The van der Waals surface area contributed by atoms with E-state index < -0.39 is 0 Å². The van der Waals surface area contributed by atoms with Gasteiger partial charge in [0.15, 0.2) is 0 Å². The second-order valence-electron chi connectivity index (χ2n) is 4.32. The van der Waals surface area contributed by atoms with Crippen LogP contribution in [0.15, 0.2) is 11.6 Å². The van der Waals surface area contributed by atoms with Gasteiger partial charge in [0.2, 0.25) is 0 Å². The van der Waals surface area contributed by atoms with Gasteiger partial charge in [-0.3, -0.25) is 0 Å². The number of nitrogens with zero attached hydrogens (tertiary/aromatic N) is 2. The van der Waals surface area contributed by atoms with Crippen LogP contribution in [0.25, 0.3) is 0 Å². The second kappa shape index (κ2) is 5.71. The van der Waals surface area contributed by atoms with Gasteiger partial charge in [0.25, 0.3) is 0 Å². The summed E-state index contributed by atoms with van der Waals surface area (Å²) in [7, 11) is 0. The normalized spacial score (nSPS) is 11.3. The molecule has 0 bridgehead atoms. The first-order valence-electron chi connectivity index (χ1n) is 5.71. The Morgan fingerprint density at radius 3 is 2.82 bits per heavy atom. The van der Waals surface area contributed by atoms with Crippen LogP contribution in [0.3, 0.4) is 0 Å². The fourth-order valence-corrected chi connectivity index (χ4v) is 3.17. The Labute approximate surface area is 110 Å². The molecule has 0 radical (unpaired) electrons. The highest BCUT2D eigenvalue weighted by Gasteiger charge is 2.06. The highest BCUT2D eigenvalue weighted by molar-refractivity contribution is 7.12. The lowest BCUT2D eigenvalue weighted by Gasteiger charge is -2.04. The molecule has 0 aliphatic carbocycles. The van der Waals surface area contributed by atoms with Crippen molar-refractivity contribution in [3.63, 3.8) is 0 Å². The minimum absolute atomic E-state index is 0.516. The molecule has 1 N–H and O–H groups in total. The average Bonchev–Trinajstić information content (AvgIpc) is 2.86. The van der Waals surface area contributed by atoms with E-state index in [9.17, 15) is 0 Å². The fourth-order valence-electron chi connectivity index (χ4n) is 1.43. The van der Waals surface area contributed by atoms with Gasteiger partial charge in [0.1, 0.15) is 0 Å². The van der Waals surface area contributed by atoms with Crippen LogP contribution < -0.4 is 5.32 Å². The summed E-state index contributed by atoms with van der Waals surface area (Å²) in [4.78, 5) is 10.2. The zero-order valence-electron chi connectivity index (χ0n) is 10.4. The van der Waals surface area contributed by atoms with E-state index in [1.807, 2.05) is 13.1 Å². The molecule has 92 valence electrons. The van der Waals surface area contributed by atoms with Gasteiger partial charge >= 0.3 is 0 Å². The van der Waals surface area contributed by atoms with Crippen molar-refractivity contribution in [2.75, 3.05) is 0 Å². The van der Waals surface area contributed by atoms with E-state index in [-0.39, 0.29) is 0 Å². The van der Waals surface area contributed by atoms with Crippen molar-refractivity contribution in [2.45, 2.75) is 39.8 Å². The third-order valence-electron chi connectivity index (χ3n) is 2.26. The molecule has 0 atom stereocenters. The maximum Gasteiger partial charge on any atom is 0.0996 e. The molecule has 2 rings (SSSR count). The van der Waals surface area contributed by atoms with E-state index in [1.54, 1.807) is 22.7 Å². The monoisotopic (exact) mass is 267 g/mol. The van der Waals surface area contributed by atoms with E-state index in [0.29, 0.717) is 6.04 Å². The van der Waals surface area contributed by atoms with Crippen LogP contribution >= 0.6 is 22.7 Å². The molecule has 2 heterocycles. The minimum atomic E-state index is 0.516. The Morgan fingerprint density at radius 1 is 1.35 bits per heavy atom. The van der Waals surface area contributed by atoms with Crippen LogP contribution in [0.4, 0.5) is 0 Å². The van der Waals surface area contributed by atoms with E-state index in [1.165, 1.54) is 4.88 Å². The van der Waals surface area contributed by atoms with Crippen molar-refractivity contribution in [2.24, 2.45) is 0 Å². The van der Waals surface area contributed by atoms with Crippen molar-refractivity contribution in [1.29, 1.82) is 0 Å². The molecule has 0 saturated carbocycles. The number of nitrogens with one attached hydrogen (secondary N) is 1. The number of rotatable bonds is 5. The first-order chi connectivity index (χ1) is 8.13. The molecule has 0 spiro atoms. The molecule has 0 fully saturated rings. The fraction of sp³-hybridized carbons (Fsp3) is 0.500. The van der Waals surface area contributed by atoms with E-state index in [4.69, 9.17) is 0 Å². The van der Waals surface area contributed by atoms with Gasteiger partial charge in [-0.05, 0) is 6.92 Å². The van der Waals surface area contributed by atoms with Crippen molar-refractivity contribution < 1.29 is 0 Å². The first kappa shape index (κ1) is 12.7. The third-order valence-corrected chi connectivity index (χ3v) is 4.22. The largest absolute Gasteiger partial charge is 0.310 e. The van der Waals surface area contributed by atoms with Gasteiger partial charge in [0.05, 0.1) is 16.4 Å². The zero-order valence-corrected chi connectivity index (χ0v) is 12.0. The summed E-state index contributed by atoms with van der Waals surface area (Å²) in [5, 5.41) is 7.79. The average molecular weight is 267 g/mol. The minimum Gasteiger partial charge on any atom is -0.310 e. The van der Waals surface area contributed by atoms with Crippen LogP contribution in [0, 0.1) is 6.92 Å². The van der Waals surface area contributed by atoms with Gasteiger partial charge in [-0.2, -0.15) is 0 Å². The topological polar surface area (TPSA) is 37.8 Å². The lowest BCUT2D eigenvalue weighted by atomic mass is 10.4. The summed E-state index contributed by atoms with van der Waals surface area (Å²) >= 11 is 3.48. The van der Waals surface area contributed by atoms with Crippen LogP contribution in [-0.4, -0.2) is 16.0 Å². The summed E-state index contributed by atoms with van der Waals surface area (Å²) in [6.07, 6.45) is 2.83. The number of hydrogen-bond donors (Lipinski definition) is 1. The van der Waals surface area contributed by atoms with Crippen LogP contribution in [0.1, 0.15) is 34.4 Å². The summed E-state index contributed by atoms with van der Waals surface area (Å²) in [6, 6.07) is 0.516. The SMILES string of the molecule is Cc1csc(Cc2ncc(CNC(C)C)s2)n1. The highest BCUT2D eigenvalue weighted by atomic mass is 32.1. The molecule has 0 aromatic carbocycles. The first-order valence-corrected chi connectivity index (χ1v) is 7.41. The predicted octanol–water partition coefficient (Wildman–Crippen LogP) is 3.00. The van der Waals surface area contributed by atoms with Gasteiger partial charge < -0.3 is 5.32 Å². The number of thiazole rings is 2. The molecule has 2 aromatic rings. The molecular formula is C12H17N3S2. The smallest absolute Gasteiger partial charge is 0.0996 e. The van der Waals surface area contributed by atoms with Gasteiger partial charge in [-0.25, -0.2) is 9.97 Å². The molecule has 0 unspecified atom stereocenters. The van der Waals surface area contributed by atoms with Gasteiger partial charge in [-0.1, -0.05) is 13.8 Å². The second-order valence-corrected chi connectivity index (χ2v) is 6.46. The lowest BCUT2D eigenvalue weighted by Crippen LogP contribution is -2.21. The Kier molecular flexibility index (Phi) is 4.25. The Morgan fingerprint density at radius 2 is 2.18 bits per heavy atom. The Hall–Kier alpha value is -0.780. The summed E-state index contributed by atoms with van der Waals surface area (Å²) in [5.41, 5.74) is 1.10. The van der Waals surface area contributed by atoms with Crippen molar-refractivity contribution in [3.05, 3.63) is 32.2 Å². The zero-order chi connectivity index (χ0) is 12.3. The summed E-state index contributed by atoms with van der Waals surface area (Å²) in [6.45, 7) is 7.24. The number of aryl methyl sites for hydroxylation is 1. The molecule has 17 heavy (non-hydrogen) atoms. The molecule has 3 nitrogen and oxygen atoms in total. The maximum absolute atomic E-state index is 4.46. The van der Waals surface area contributed by atoms with Crippen molar-refractivity contribution in [1.82, 2.24) is 15.3 Å². The maximum atomic E-state index is 4.46. The summed E-state index contributed by atoms with van der Waals surface area (Å²) < 4.78 is 0.